The quantitative estimate of drug-likeness (QED) is 0.157. The number of benzene rings is 13. The van der Waals surface area contributed by atoms with E-state index in [1.165, 1.54) is 150 Å². The predicted octanol–water partition coefficient (Wildman–Crippen LogP) is 21.5. The fourth-order valence-electron chi connectivity index (χ4n) is 14.3. The van der Waals surface area contributed by atoms with Gasteiger partial charge in [-0.2, -0.15) is 0 Å². The van der Waals surface area contributed by atoms with Gasteiger partial charge in [-0.1, -0.05) is 212 Å². The second kappa shape index (κ2) is 17.1. The summed E-state index contributed by atoms with van der Waals surface area (Å²) in [6.45, 7) is 0. The Kier molecular flexibility index (Phi) is 9.50. The molecule has 13 aromatic carbocycles. The van der Waals surface area contributed by atoms with Crippen molar-refractivity contribution in [2.45, 2.75) is 5.41 Å². The van der Waals surface area contributed by atoms with E-state index in [1.807, 2.05) is 22.7 Å². The van der Waals surface area contributed by atoms with Gasteiger partial charge in [0.15, 0.2) is 0 Å². The van der Waals surface area contributed by atoms with Gasteiger partial charge in [-0.25, -0.2) is 0 Å². The molecule has 0 bridgehead atoms. The zero-order chi connectivity index (χ0) is 52.9. The molecule has 0 radical (unpaired) electrons. The van der Waals surface area contributed by atoms with Crippen LogP contribution in [0, 0.1) is 0 Å². The number of aromatic nitrogens is 2. The van der Waals surface area contributed by atoms with Crippen molar-refractivity contribution in [3.8, 4) is 44.8 Å². The van der Waals surface area contributed by atoms with Crippen LogP contribution >= 0.6 is 22.7 Å². The van der Waals surface area contributed by atoms with Gasteiger partial charge in [-0.3, -0.25) is 0 Å². The van der Waals surface area contributed by atoms with E-state index in [-0.39, 0.29) is 0 Å². The number of fused-ring (bicyclic) bond motifs is 18. The molecule has 18 rings (SSSR count). The summed E-state index contributed by atoms with van der Waals surface area (Å²) in [5.41, 5.74) is 18.9. The van der Waals surface area contributed by atoms with E-state index in [0.717, 1.165) is 11.4 Å². The highest BCUT2D eigenvalue weighted by Gasteiger charge is 2.47. The van der Waals surface area contributed by atoms with Crippen molar-refractivity contribution in [2.24, 2.45) is 0 Å². The Hall–Kier alpha value is -9.84. The van der Waals surface area contributed by atoms with Crippen LogP contribution in [0.15, 0.2) is 279 Å². The first-order valence-electron chi connectivity index (χ1n) is 27.9. The smallest absolute Gasteiger partial charge is 0.0726 e. The van der Waals surface area contributed by atoms with E-state index < -0.39 is 5.41 Å². The standard InChI is InChI=1S/C77H46N2S2/c1-3-21-52(22-4-1)77(53-23-5-2-6-24-53)66-44-51(36-38-56(66)57-39-37-55(45-67(57)77)78-68-30-13-9-26-58(68)61-40-41-62-59-27-11-15-32-70(59)80-75(62)73(61)78)64-46-65-60-28-12-16-33-71(60)81-76(65)74-72(64)63-29-10-14-31-69(63)79(74)54-25-17-20-49(43-54)50-35-34-47-18-7-8-19-48(47)42-50/h1-46H. The minimum Gasteiger partial charge on any atom is -0.308 e. The minimum absolute atomic E-state index is 0.666. The molecule has 376 valence electrons. The number of thiophene rings is 2. The Morgan fingerprint density at radius 3 is 1.58 bits per heavy atom. The maximum absolute atomic E-state index is 2.57. The second-order valence-corrected chi connectivity index (χ2v) is 24.0. The molecule has 0 spiro atoms. The summed E-state index contributed by atoms with van der Waals surface area (Å²) in [6.07, 6.45) is 0. The zero-order valence-electron chi connectivity index (χ0n) is 43.8. The first-order chi connectivity index (χ1) is 40.2. The Labute approximate surface area is 474 Å². The monoisotopic (exact) mass is 1060 g/mol. The van der Waals surface area contributed by atoms with Crippen molar-refractivity contribution in [3.05, 3.63) is 301 Å². The Bertz CT molecular complexity index is 5440. The van der Waals surface area contributed by atoms with Gasteiger partial charge >= 0.3 is 0 Å². The van der Waals surface area contributed by atoms with E-state index >= 15 is 0 Å². The van der Waals surface area contributed by atoms with Gasteiger partial charge < -0.3 is 9.13 Å². The van der Waals surface area contributed by atoms with Crippen LogP contribution in [0.25, 0.3) is 139 Å². The molecule has 0 atom stereocenters. The van der Waals surface area contributed by atoms with E-state index in [9.17, 15) is 0 Å². The van der Waals surface area contributed by atoms with E-state index in [0.29, 0.717) is 0 Å². The fraction of sp³-hybridized carbons (Fsp3) is 0.0130. The normalized spacial score (nSPS) is 13.0. The lowest BCUT2D eigenvalue weighted by Crippen LogP contribution is -2.28. The molecule has 1 aliphatic carbocycles. The number of nitrogens with zero attached hydrogens (tertiary/aromatic N) is 2. The molecule has 0 amide bonds. The summed E-state index contributed by atoms with van der Waals surface area (Å²) in [5.74, 6) is 0. The lowest BCUT2D eigenvalue weighted by Gasteiger charge is -2.34. The summed E-state index contributed by atoms with van der Waals surface area (Å²) in [6, 6.07) is 105. The summed E-state index contributed by atoms with van der Waals surface area (Å²) in [7, 11) is 0. The third kappa shape index (κ3) is 6.32. The van der Waals surface area contributed by atoms with Crippen LogP contribution in [0.1, 0.15) is 22.3 Å². The highest BCUT2D eigenvalue weighted by molar-refractivity contribution is 7.27. The third-order valence-corrected chi connectivity index (χ3v) is 20.1. The Morgan fingerprint density at radius 1 is 0.284 bits per heavy atom. The summed E-state index contributed by atoms with van der Waals surface area (Å²) in [4.78, 5) is 0. The average Bonchev–Trinajstić information content (AvgIpc) is 4.49. The minimum atomic E-state index is -0.666. The molecule has 0 N–H and O–H groups in total. The topological polar surface area (TPSA) is 9.86 Å². The van der Waals surface area contributed by atoms with Crippen molar-refractivity contribution < 1.29 is 0 Å². The predicted molar refractivity (Wildman–Crippen MR) is 347 cm³/mol. The van der Waals surface area contributed by atoms with Gasteiger partial charge in [0.2, 0.25) is 0 Å². The number of rotatable bonds is 6. The van der Waals surface area contributed by atoms with E-state index in [4.69, 9.17) is 0 Å². The summed E-state index contributed by atoms with van der Waals surface area (Å²) in [5, 5.41) is 12.7. The Morgan fingerprint density at radius 2 is 0.827 bits per heavy atom. The molecule has 0 fully saturated rings. The molecule has 4 heterocycles. The van der Waals surface area contributed by atoms with Crippen LogP contribution in [0.4, 0.5) is 0 Å². The van der Waals surface area contributed by atoms with Crippen LogP contribution in [0.5, 0.6) is 0 Å². The van der Waals surface area contributed by atoms with Crippen LogP contribution in [-0.2, 0) is 5.41 Å². The summed E-state index contributed by atoms with van der Waals surface area (Å²) < 4.78 is 10.3. The van der Waals surface area contributed by atoms with Crippen molar-refractivity contribution in [1.29, 1.82) is 0 Å². The van der Waals surface area contributed by atoms with Crippen LogP contribution in [0.3, 0.4) is 0 Å². The van der Waals surface area contributed by atoms with E-state index in [1.54, 1.807) is 0 Å². The number of hydrogen-bond donors (Lipinski definition) is 0. The molecule has 4 aromatic heterocycles. The third-order valence-electron chi connectivity index (χ3n) is 17.8. The molecular formula is C77H46N2S2. The first-order valence-corrected chi connectivity index (χ1v) is 29.5. The maximum Gasteiger partial charge on any atom is 0.0726 e. The molecular weight excluding hydrogens is 1020 g/mol. The first kappa shape index (κ1) is 45.1. The van der Waals surface area contributed by atoms with Gasteiger partial charge in [-0.15, -0.1) is 22.7 Å². The van der Waals surface area contributed by atoms with Gasteiger partial charge in [-0.05, 0) is 133 Å². The van der Waals surface area contributed by atoms with Crippen molar-refractivity contribution in [1.82, 2.24) is 9.13 Å². The van der Waals surface area contributed by atoms with Gasteiger partial charge in [0.1, 0.15) is 0 Å². The number of para-hydroxylation sites is 2. The van der Waals surface area contributed by atoms with Crippen molar-refractivity contribution >= 4 is 117 Å². The second-order valence-electron chi connectivity index (χ2n) is 21.8. The van der Waals surface area contributed by atoms with Crippen LogP contribution < -0.4 is 0 Å². The largest absolute Gasteiger partial charge is 0.308 e. The van der Waals surface area contributed by atoms with Gasteiger partial charge in [0.05, 0.1) is 36.9 Å². The molecule has 17 aromatic rings. The van der Waals surface area contributed by atoms with Crippen LogP contribution in [-0.4, -0.2) is 9.13 Å². The zero-order valence-corrected chi connectivity index (χ0v) is 45.4. The average molecular weight is 1060 g/mol. The van der Waals surface area contributed by atoms with Crippen molar-refractivity contribution in [2.75, 3.05) is 0 Å². The van der Waals surface area contributed by atoms with Crippen molar-refractivity contribution in [3.63, 3.8) is 0 Å². The summed E-state index contributed by atoms with van der Waals surface area (Å²) >= 11 is 3.81. The Balaban J connectivity index is 0.912. The highest BCUT2D eigenvalue weighted by Crippen LogP contribution is 2.58. The molecule has 1 aliphatic rings. The van der Waals surface area contributed by atoms with Gasteiger partial charge in [0.25, 0.3) is 0 Å². The van der Waals surface area contributed by atoms with Gasteiger partial charge in [0, 0.05) is 63.9 Å². The van der Waals surface area contributed by atoms with Crippen LogP contribution in [0.2, 0.25) is 0 Å². The fourth-order valence-corrected chi connectivity index (χ4v) is 16.8. The molecule has 0 saturated heterocycles. The molecule has 0 aliphatic heterocycles. The molecule has 4 heteroatoms. The lowest BCUT2D eigenvalue weighted by molar-refractivity contribution is 0.768. The maximum atomic E-state index is 2.57. The molecule has 0 unspecified atom stereocenters. The van der Waals surface area contributed by atoms with E-state index in [2.05, 4.69) is 288 Å². The molecule has 81 heavy (non-hydrogen) atoms. The molecule has 2 nitrogen and oxygen atoms in total. The lowest BCUT2D eigenvalue weighted by atomic mass is 9.67. The highest BCUT2D eigenvalue weighted by atomic mass is 32.1. The number of hydrogen-bond acceptors (Lipinski definition) is 2. The molecule has 0 saturated carbocycles. The SMILES string of the molecule is c1ccc(C2(c3ccccc3)c3cc(-c4cc5c6ccccc6sc5c5c4c4ccccc4n5-c4cccc(-c5ccc6ccccc6c5)c4)ccc3-c3ccc(-n4c5ccccc5c5ccc6c7ccccc7sc6c54)cc32)cc1.